The number of hydrogen-bond acceptors (Lipinski definition) is 6. The molecule has 9 heteroatoms. The van der Waals surface area contributed by atoms with Crippen LogP contribution < -0.4 is 5.32 Å². The molecule has 1 amide bonds. The monoisotopic (exact) mass is 368 g/mol. The maximum atomic E-state index is 12.6. The van der Waals surface area contributed by atoms with E-state index < -0.39 is 0 Å². The van der Waals surface area contributed by atoms with Gasteiger partial charge in [0.05, 0.1) is 28.0 Å². The van der Waals surface area contributed by atoms with Crippen molar-refractivity contribution < 1.29 is 4.79 Å². The van der Waals surface area contributed by atoms with Crippen LogP contribution in [-0.2, 0) is 7.05 Å². The Morgan fingerprint density at radius 1 is 1.32 bits per heavy atom. The van der Waals surface area contributed by atoms with Crippen LogP contribution in [0.2, 0.25) is 0 Å². The lowest BCUT2D eigenvalue weighted by molar-refractivity contribution is 0.103. The van der Waals surface area contributed by atoms with Gasteiger partial charge in [-0.15, -0.1) is 22.7 Å². The summed E-state index contributed by atoms with van der Waals surface area (Å²) in [7, 11) is 1.85. The van der Waals surface area contributed by atoms with Crippen molar-refractivity contribution in [2.45, 2.75) is 6.92 Å². The molecule has 5 heterocycles. The number of aromatic nitrogens is 5. The molecule has 0 saturated carbocycles. The van der Waals surface area contributed by atoms with Gasteiger partial charge in [0.25, 0.3) is 5.91 Å². The van der Waals surface area contributed by atoms with Crippen LogP contribution >= 0.6 is 22.7 Å². The standard InChI is InChI=1S/C16H12N6OS2/c1-8-10-5-9(7-17-13(10)21(2)20-8)18-14(23)12-6-11-15(25-12)19-16-22(11)3-4-24-16/h3-7H,1-2H3,(H,18,23). The van der Waals surface area contributed by atoms with Crippen LogP contribution in [0.1, 0.15) is 15.4 Å². The molecule has 0 aliphatic heterocycles. The highest BCUT2D eigenvalue weighted by atomic mass is 32.1. The van der Waals surface area contributed by atoms with Crippen molar-refractivity contribution in [3.63, 3.8) is 0 Å². The summed E-state index contributed by atoms with van der Waals surface area (Å²) in [4.78, 5) is 24.0. The predicted octanol–water partition coefficient (Wildman–Crippen LogP) is 3.45. The molecule has 0 unspecified atom stereocenters. The van der Waals surface area contributed by atoms with Crippen molar-refractivity contribution in [2.75, 3.05) is 5.32 Å². The van der Waals surface area contributed by atoms with E-state index >= 15 is 0 Å². The number of thiazole rings is 1. The average Bonchev–Trinajstić information content (AvgIpc) is 3.30. The third-order valence-electron chi connectivity index (χ3n) is 4.08. The number of carbonyl (C=O) groups is 1. The van der Waals surface area contributed by atoms with Gasteiger partial charge in [-0.25, -0.2) is 9.97 Å². The van der Waals surface area contributed by atoms with Gasteiger partial charge in [0.15, 0.2) is 10.6 Å². The summed E-state index contributed by atoms with van der Waals surface area (Å²) in [6.45, 7) is 1.93. The number of thiophene rings is 1. The minimum Gasteiger partial charge on any atom is -0.320 e. The number of nitrogens with zero attached hydrogens (tertiary/aromatic N) is 5. The molecule has 0 atom stereocenters. The summed E-state index contributed by atoms with van der Waals surface area (Å²) in [6.07, 6.45) is 3.62. The number of aryl methyl sites for hydroxylation is 2. The molecule has 5 aromatic rings. The number of imidazole rings is 1. The molecule has 0 aliphatic rings. The molecule has 0 fully saturated rings. The van der Waals surface area contributed by atoms with Crippen molar-refractivity contribution in [1.29, 1.82) is 0 Å². The van der Waals surface area contributed by atoms with Gasteiger partial charge >= 0.3 is 0 Å². The zero-order valence-corrected chi connectivity index (χ0v) is 15.0. The van der Waals surface area contributed by atoms with Gasteiger partial charge in [-0.2, -0.15) is 5.10 Å². The van der Waals surface area contributed by atoms with E-state index in [9.17, 15) is 4.79 Å². The van der Waals surface area contributed by atoms with Gasteiger partial charge in [-0.05, 0) is 19.1 Å². The summed E-state index contributed by atoms with van der Waals surface area (Å²) >= 11 is 2.97. The summed E-state index contributed by atoms with van der Waals surface area (Å²) in [6, 6.07) is 3.78. The molecular formula is C16H12N6OS2. The van der Waals surface area contributed by atoms with Gasteiger partial charge in [-0.1, -0.05) is 0 Å². The molecule has 7 nitrogen and oxygen atoms in total. The summed E-state index contributed by atoms with van der Waals surface area (Å²) in [5.74, 6) is -0.158. The molecule has 0 aliphatic carbocycles. The molecule has 0 bridgehead atoms. The first-order valence-corrected chi connectivity index (χ1v) is 9.25. The van der Waals surface area contributed by atoms with Gasteiger partial charge < -0.3 is 5.32 Å². The number of pyridine rings is 1. The van der Waals surface area contributed by atoms with Crippen LogP contribution in [0, 0.1) is 6.92 Å². The van der Waals surface area contributed by atoms with E-state index in [-0.39, 0.29) is 5.91 Å². The van der Waals surface area contributed by atoms with E-state index in [2.05, 4.69) is 20.4 Å². The molecular weight excluding hydrogens is 356 g/mol. The second-order valence-electron chi connectivity index (χ2n) is 5.73. The van der Waals surface area contributed by atoms with E-state index in [4.69, 9.17) is 0 Å². The summed E-state index contributed by atoms with van der Waals surface area (Å²) in [5, 5.41) is 10.2. The molecule has 5 rings (SSSR count). The van der Waals surface area contributed by atoms with Crippen LogP contribution in [0.15, 0.2) is 29.9 Å². The first-order valence-electron chi connectivity index (χ1n) is 7.56. The minimum atomic E-state index is -0.158. The van der Waals surface area contributed by atoms with E-state index in [1.807, 2.05) is 42.1 Å². The Kier molecular flexibility index (Phi) is 2.97. The second kappa shape index (κ2) is 5.11. The van der Waals surface area contributed by atoms with Gasteiger partial charge in [0.1, 0.15) is 4.83 Å². The third-order valence-corrected chi connectivity index (χ3v) is 5.86. The van der Waals surface area contributed by atoms with E-state index in [1.165, 1.54) is 11.3 Å². The predicted molar refractivity (Wildman–Crippen MR) is 99.7 cm³/mol. The van der Waals surface area contributed by atoms with E-state index in [0.29, 0.717) is 10.6 Å². The highest BCUT2D eigenvalue weighted by Crippen LogP contribution is 2.29. The number of amides is 1. The number of nitrogens with one attached hydrogen (secondary N) is 1. The Balaban J connectivity index is 1.49. The molecule has 0 aromatic carbocycles. The number of rotatable bonds is 2. The van der Waals surface area contributed by atoms with Crippen molar-refractivity contribution in [2.24, 2.45) is 7.05 Å². The molecule has 0 saturated heterocycles. The van der Waals surface area contributed by atoms with Crippen LogP contribution in [-0.4, -0.2) is 30.1 Å². The summed E-state index contributed by atoms with van der Waals surface area (Å²) < 4.78 is 3.73. The Morgan fingerprint density at radius 2 is 2.20 bits per heavy atom. The zero-order valence-electron chi connectivity index (χ0n) is 13.3. The number of carbonyl (C=O) groups excluding carboxylic acids is 1. The van der Waals surface area contributed by atoms with E-state index in [0.717, 1.165) is 32.0 Å². The SMILES string of the molecule is Cc1nn(C)c2ncc(NC(=O)c3cc4c(nc5sccn54)s3)cc12. The highest BCUT2D eigenvalue weighted by Gasteiger charge is 2.16. The van der Waals surface area contributed by atoms with Crippen LogP contribution in [0.5, 0.6) is 0 Å². The number of anilines is 1. The highest BCUT2D eigenvalue weighted by molar-refractivity contribution is 7.21. The normalized spacial score (nSPS) is 11.8. The first kappa shape index (κ1) is 14.6. The molecule has 5 aromatic heterocycles. The van der Waals surface area contributed by atoms with Crippen LogP contribution in [0.25, 0.3) is 26.3 Å². The molecule has 0 radical (unpaired) electrons. The minimum absolute atomic E-state index is 0.158. The second-order valence-corrected chi connectivity index (χ2v) is 7.63. The first-order chi connectivity index (χ1) is 12.1. The summed E-state index contributed by atoms with van der Waals surface area (Å²) in [5.41, 5.74) is 3.30. The molecule has 25 heavy (non-hydrogen) atoms. The lowest BCUT2D eigenvalue weighted by Crippen LogP contribution is -2.10. The fourth-order valence-corrected chi connectivity index (χ4v) is 4.62. The van der Waals surface area contributed by atoms with Gasteiger partial charge in [-0.3, -0.25) is 13.9 Å². The largest absolute Gasteiger partial charge is 0.320 e. The Morgan fingerprint density at radius 3 is 3.08 bits per heavy atom. The van der Waals surface area contributed by atoms with Crippen LogP contribution in [0.4, 0.5) is 5.69 Å². The quantitative estimate of drug-likeness (QED) is 0.518. The van der Waals surface area contributed by atoms with Gasteiger partial charge in [0.2, 0.25) is 0 Å². The fourth-order valence-electron chi connectivity index (χ4n) is 2.93. The lowest BCUT2D eigenvalue weighted by Gasteiger charge is -2.03. The fraction of sp³-hybridized carbons (Fsp3) is 0.125. The number of hydrogen-bond donors (Lipinski definition) is 1. The van der Waals surface area contributed by atoms with Gasteiger partial charge in [0, 0.05) is 24.0 Å². The Labute approximate surface area is 149 Å². The molecule has 1 N–H and O–H groups in total. The van der Waals surface area contributed by atoms with Crippen molar-refractivity contribution in [1.82, 2.24) is 24.1 Å². The Hall–Kier alpha value is -2.78. The number of fused-ring (bicyclic) bond motifs is 4. The third kappa shape index (κ3) is 2.16. The van der Waals surface area contributed by atoms with E-state index in [1.54, 1.807) is 22.2 Å². The molecule has 124 valence electrons. The van der Waals surface area contributed by atoms with Crippen molar-refractivity contribution in [3.8, 4) is 0 Å². The average molecular weight is 368 g/mol. The van der Waals surface area contributed by atoms with Crippen molar-refractivity contribution in [3.05, 3.63) is 40.5 Å². The van der Waals surface area contributed by atoms with Crippen LogP contribution in [0.3, 0.4) is 0 Å². The Bertz CT molecular complexity index is 1270. The van der Waals surface area contributed by atoms with Crippen molar-refractivity contribution >= 4 is 60.6 Å². The zero-order chi connectivity index (χ0) is 17.1. The molecule has 0 spiro atoms. The lowest BCUT2D eigenvalue weighted by atomic mass is 10.2. The maximum Gasteiger partial charge on any atom is 0.265 e. The smallest absolute Gasteiger partial charge is 0.265 e. The topological polar surface area (TPSA) is 77.1 Å². The maximum absolute atomic E-state index is 12.6.